The number of nitrogens with zero attached hydrogens (tertiary/aromatic N) is 4. The van der Waals surface area contributed by atoms with E-state index in [9.17, 15) is 5.11 Å². The van der Waals surface area contributed by atoms with Crippen molar-refractivity contribution in [3.63, 3.8) is 0 Å². The minimum Gasteiger partial charge on any atom is -0.875 e. The number of aliphatic imine (C=N–C) groups is 3. The van der Waals surface area contributed by atoms with Gasteiger partial charge in [0, 0.05) is 28.8 Å². The fourth-order valence-electron chi connectivity index (χ4n) is 7.30. The predicted octanol–water partition coefficient (Wildman–Crippen LogP) is 5.66. The molecule has 0 amide bonds. The second-order valence-corrected chi connectivity index (χ2v) is 13.5. The van der Waals surface area contributed by atoms with Crippen molar-refractivity contribution in [2.24, 2.45) is 20.4 Å². The zero-order valence-corrected chi connectivity index (χ0v) is 30.2. The van der Waals surface area contributed by atoms with Crippen molar-refractivity contribution in [2.45, 2.75) is 54.4 Å². The third kappa shape index (κ3) is 4.82. The Balaban J connectivity index is 0.00000338. The molecule has 6 heteroatoms. The van der Waals surface area contributed by atoms with Crippen LogP contribution in [-0.2, 0) is 19.5 Å². The van der Waals surface area contributed by atoms with Crippen LogP contribution in [0.15, 0.2) is 122 Å². The third-order valence-electron chi connectivity index (χ3n) is 9.48. The molecule has 3 aromatic rings. The van der Waals surface area contributed by atoms with Crippen LogP contribution in [0, 0.1) is 33.1 Å². The second kappa shape index (κ2) is 10.8. The molecule has 5 heterocycles. The first-order valence-electron chi connectivity index (χ1n) is 15.6. The van der Waals surface area contributed by atoms with Gasteiger partial charge in [-0.15, -0.1) is 16.5 Å². The summed E-state index contributed by atoms with van der Waals surface area (Å²) in [7, 11) is 0. The van der Waals surface area contributed by atoms with Crippen molar-refractivity contribution in [2.75, 3.05) is 0 Å². The van der Waals surface area contributed by atoms with Gasteiger partial charge in [-0.2, -0.15) is 0 Å². The summed E-state index contributed by atoms with van der Waals surface area (Å²) in [5, 5.41) is 15.2. The standard InChI is InChI=1S/C40H35N4O.Zn/c1-21-7-9-25(10-8-21)37-29-12-11-26(41-29)17-35-40(5,6)20-33(43-35)27-19-34(45)28-18-32(44-39(27)28)38(31-14-13-30(37)42-31)36-23(3)15-22(2)16-24(36)4;/h7-18H,19-20H2,1-6H3,(H-,41,42,43,44,45);/q-1;+2/p-1. The maximum Gasteiger partial charge on any atom is 2.00 e. The molecule has 2 aromatic carbocycles. The summed E-state index contributed by atoms with van der Waals surface area (Å²) in [4.78, 5) is 20.8. The zero-order chi connectivity index (χ0) is 31.2. The SMILES string of the molecule is Cc1ccc(C2=c3ccc([n-]3)=C(c3c(C)cc(C)cc3C)C3=CC4=C([O-])CC(=C5CC(C)(C)C(=N5)C=C5C=CC2=N5)C4=N3)cc1.[Zn+2]. The fourth-order valence-corrected chi connectivity index (χ4v) is 7.30. The molecule has 5 aliphatic rings. The summed E-state index contributed by atoms with van der Waals surface area (Å²) in [5.74, 6) is 0.1000. The molecule has 0 fully saturated rings. The summed E-state index contributed by atoms with van der Waals surface area (Å²) in [6.07, 6.45) is 9.31. The number of rotatable bonds is 2. The van der Waals surface area contributed by atoms with Gasteiger partial charge in [0.1, 0.15) is 0 Å². The number of allylic oxidation sites excluding steroid dienone is 8. The molecular formula is C40H34N4OZn. The van der Waals surface area contributed by atoms with Gasteiger partial charge in [-0.05, 0) is 97.4 Å². The van der Waals surface area contributed by atoms with Crippen LogP contribution in [0.4, 0.5) is 0 Å². The molecule has 0 radical (unpaired) electrons. The first-order chi connectivity index (χ1) is 21.6. The minimum absolute atomic E-state index is 0. The number of aromatic nitrogens is 1. The van der Waals surface area contributed by atoms with Crippen molar-refractivity contribution in [3.05, 3.63) is 151 Å². The summed E-state index contributed by atoms with van der Waals surface area (Å²) in [6, 6.07) is 17.1. The molecule has 0 saturated carbocycles. The van der Waals surface area contributed by atoms with Crippen LogP contribution in [0.1, 0.15) is 60.1 Å². The minimum atomic E-state index is -0.199. The molecule has 46 heavy (non-hydrogen) atoms. The van der Waals surface area contributed by atoms with Crippen LogP contribution in [0.25, 0.3) is 11.1 Å². The van der Waals surface area contributed by atoms with E-state index in [0.717, 1.165) is 90.3 Å². The van der Waals surface area contributed by atoms with E-state index < -0.39 is 0 Å². The fraction of sp³-hybridized carbons (Fsp3) is 0.225. The Morgan fingerprint density at radius 1 is 0.783 bits per heavy atom. The number of fused-ring (bicyclic) bond motifs is 5. The molecule has 0 unspecified atom stereocenters. The van der Waals surface area contributed by atoms with E-state index in [4.69, 9.17) is 20.0 Å². The van der Waals surface area contributed by atoms with Gasteiger partial charge in [0.25, 0.3) is 0 Å². The summed E-state index contributed by atoms with van der Waals surface area (Å²) in [5.41, 5.74) is 15.4. The van der Waals surface area contributed by atoms with Crippen LogP contribution in [0.5, 0.6) is 0 Å². The average molecular weight is 652 g/mol. The normalized spacial score (nSPS) is 19.3. The number of hydrogen-bond acceptors (Lipinski definition) is 4. The third-order valence-corrected chi connectivity index (χ3v) is 9.48. The van der Waals surface area contributed by atoms with Gasteiger partial charge in [-0.1, -0.05) is 73.5 Å². The molecule has 8 rings (SSSR count). The van der Waals surface area contributed by atoms with Gasteiger partial charge < -0.3 is 10.1 Å². The Morgan fingerprint density at radius 3 is 2.20 bits per heavy atom. The second-order valence-electron chi connectivity index (χ2n) is 13.5. The van der Waals surface area contributed by atoms with Gasteiger partial charge in [-0.3, -0.25) is 4.99 Å². The van der Waals surface area contributed by atoms with E-state index in [1.54, 1.807) is 0 Å². The Hall–Kier alpha value is -4.41. The van der Waals surface area contributed by atoms with Crippen molar-refractivity contribution >= 4 is 28.3 Å². The van der Waals surface area contributed by atoms with E-state index in [2.05, 4.69) is 108 Å². The molecule has 0 atom stereocenters. The van der Waals surface area contributed by atoms with Crippen molar-refractivity contribution in [1.29, 1.82) is 0 Å². The summed E-state index contributed by atoms with van der Waals surface area (Å²) < 4.78 is 0. The number of hydrogen-bond donors (Lipinski definition) is 0. The molecule has 0 spiro atoms. The Morgan fingerprint density at radius 2 is 1.48 bits per heavy atom. The van der Waals surface area contributed by atoms with Crippen LogP contribution in [0.3, 0.4) is 0 Å². The van der Waals surface area contributed by atoms with Crippen LogP contribution in [0.2, 0.25) is 0 Å². The summed E-state index contributed by atoms with van der Waals surface area (Å²) in [6.45, 7) is 12.9. The first kappa shape index (κ1) is 30.3. The van der Waals surface area contributed by atoms with Crippen molar-refractivity contribution < 1.29 is 24.6 Å². The van der Waals surface area contributed by atoms with E-state index in [1.165, 1.54) is 11.1 Å². The van der Waals surface area contributed by atoms with Crippen LogP contribution in [-0.4, -0.2) is 17.1 Å². The molecule has 8 bridgehead atoms. The molecule has 5 nitrogen and oxygen atoms in total. The molecule has 1 aromatic heterocycles. The van der Waals surface area contributed by atoms with Crippen molar-refractivity contribution in [3.8, 4) is 0 Å². The monoisotopic (exact) mass is 650 g/mol. The van der Waals surface area contributed by atoms with Gasteiger partial charge in [0.05, 0.1) is 22.8 Å². The predicted molar refractivity (Wildman–Crippen MR) is 181 cm³/mol. The van der Waals surface area contributed by atoms with Gasteiger partial charge in [0.15, 0.2) is 0 Å². The van der Waals surface area contributed by atoms with Crippen molar-refractivity contribution in [1.82, 2.24) is 4.98 Å². The molecule has 1 aliphatic carbocycles. The Labute approximate surface area is 282 Å². The smallest absolute Gasteiger partial charge is 0.875 e. The van der Waals surface area contributed by atoms with Gasteiger partial charge >= 0.3 is 19.5 Å². The molecular weight excluding hydrogens is 618 g/mol. The van der Waals surface area contributed by atoms with Crippen LogP contribution >= 0.6 is 0 Å². The summed E-state index contributed by atoms with van der Waals surface area (Å²) >= 11 is 0. The Bertz CT molecular complexity index is 2240. The topological polar surface area (TPSA) is 74.2 Å². The number of aryl methyl sites for hydroxylation is 4. The maximum absolute atomic E-state index is 13.5. The quantitative estimate of drug-likeness (QED) is 0.336. The van der Waals surface area contributed by atoms with E-state index in [-0.39, 0.29) is 30.7 Å². The average Bonchev–Trinajstić information content (AvgIpc) is 3.80. The zero-order valence-electron chi connectivity index (χ0n) is 27.2. The van der Waals surface area contributed by atoms with E-state index in [0.29, 0.717) is 12.0 Å². The molecule has 0 N–H and O–H groups in total. The first-order valence-corrected chi connectivity index (χ1v) is 15.6. The van der Waals surface area contributed by atoms with E-state index >= 15 is 0 Å². The van der Waals surface area contributed by atoms with Gasteiger partial charge in [0.2, 0.25) is 0 Å². The molecule has 0 saturated heterocycles. The molecule has 4 aliphatic heterocycles. The Kier molecular flexibility index (Phi) is 7.14. The van der Waals surface area contributed by atoms with Gasteiger partial charge in [-0.25, -0.2) is 9.98 Å². The largest absolute Gasteiger partial charge is 2.00 e. The van der Waals surface area contributed by atoms with Crippen LogP contribution < -0.4 is 20.8 Å². The maximum atomic E-state index is 13.5. The number of benzene rings is 2. The van der Waals surface area contributed by atoms with E-state index in [1.807, 2.05) is 6.08 Å². The molecule has 222 valence electrons.